The molecule has 3 aromatic rings. The third-order valence-electron chi connectivity index (χ3n) is 5.24. The summed E-state index contributed by atoms with van der Waals surface area (Å²) < 4.78 is 2.12. The molecule has 0 aliphatic carbocycles. The van der Waals surface area contributed by atoms with Gasteiger partial charge in [0.05, 0.1) is 17.9 Å². The van der Waals surface area contributed by atoms with Crippen molar-refractivity contribution in [2.45, 2.75) is 33.4 Å². The first kappa shape index (κ1) is 16.8. The molecule has 1 fully saturated rings. The number of aromatic nitrogens is 2. The highest BCUT2D eigenvalue weighted by molar-refractivity contribution is 5.95. The number of hydrogen-bond donors (Lipinski definition) is 0. The number of fused-ring (bicyclic) bond motifs is 1. The summed E-state index contributed by atoms with van der Waals surface area (Å²) in [5.41, 5.74) is 5.33. The van der Waals surface area contributed by atoms with Crippen LogP contribution in [0, 0.1) is 13.8 Å². The van der Waals surface area contributed by atoms with Gasteiger partial charge in [-0.05, 0) is 45.0 Å². The Balaban J connectivity index is 1.55. The van der Waals surface area contributed by atoms with Crippen LogP contribution in [0.1, 0.15) is 23.9 Å². The second kappa shape index (κ2) is 6.57. The van der Waals surface area contributed by atoms with E-state index in [2.05, 4.69) is 40.3 Å². The fourth-order valence-corrected chi connectivity index (χ4v) is 3.63. The zero-order valence-corrected chi connectivity index (χ0v) is 15.5. The van der Waals surface area contributed by atoms with Crippen LogP contribution in [0.25, 0.3) is 5.65 Å². The lowest BCUT2D eigenvalue weighted by Gasteiger charge is -2.39. The summed E-state index contributed by atoms with van der Waals surface area (Å²) in [5, 5.41) is 0. The molecule has 0 spiro atoms. The minimum absolute atomic E-state index is 0.151. The molecule has 5 nitrogen and oxygen atoms in total. The molecule has 3 heterocycles. The molecule has 1 aliphatic heterocycles. The van der Waals surface area contributed by atoms with Crippen LogP contribution in [0.2, 0.25) is 0 Å². The summed E-state index contributed by atoms with van der Waals surface area (Å²) in [6.45, 7) is 8.14. The molecule has 1 amide bonds. The number of pyridine rings is 1. The average Bonchev–Trinajstić information content (AvgIpc) is 2.94. The van der Waals surface area contributed by atoms with Gasteiger partial charge in [-0.3, -0.25) is 9.69 Å². The Morgan fingerprint density at radius 3 is 2.65 bits per heavy atom. The first-order chi connectivity index (χ1) is 12.5. The molecule has 1 aliphatic rings. The third-order valence-corrected chi connectivity index (χ3v) is 5.24. The van der Waals surface area contributed by atoms with Gasteiger partial charge in [-0.1, -0.05) is 23.8 Å². The fourth-order valence-electron chi connectivity index (χ4n) is 3.63. The van der Waals surface area contributed by atoms with E-state index < -0.39 is 0 Å². The highest BCUT2D eigenvalue weighted by Gasteiger charge is 2.31. The first-order valence-corrected chi connectivity index (χ1v) is 9.06. The van der Waals surface area contributed by atoms with Crippen LogP contribution >= 0.6 is 0 Å². The molecule has 26 heavy (non-hydrogen) atoms. The van der Waals surface area contributed by atoms with E-state index >= 15 is 0 Å². The van der Waals surface area contributed by atoms with Gasteiger partial charge in [-0.25, -0.2) is 4.98 Å². The van der Waals surface area contributed by atoms with Crippen molar-refractivity contribution in [3.63, 3.8) is 0 Å². The second-order valence-corrected chi connectivity index (χ2v) is 7.17. The van der Waals surface area contributed by atoms with Crippen molar-refractivity contribution in [1.29, 1.82) is 0 Å². The summed E-state index contributed by atoms with van der Waals surface area (Å²) in [5.74, 6) is 0.151. The zero-order valence-electron chi connectivity index (χ0n) is 15.5. The van der Waals surface area contributed by atoms with E-state index in [0.717, 1.165) is 29.3 Å². The van der Waals surface area contributed by atoms with Crippen LogP contribution in [-0.4, -0.2) is 39.3 Å². The summed E-state index contributed by atoms with van der Waals surface area (Å²) in [6.07, 6.45) is 2.04. The highest BCUT2D eigenvalue weighted by Crippen LogP contribution is 2.23. The van der Waals surface area contributed by atoms with Gasteiger partial charge in [0.15, 0.2) is 0 Å². The van der Waals surface area contributed by atoms with Gasteiger partial charge in [0.25, 0.3) is 0 Å². The van der Waals surface area contributed by atoms with Gasteiger partial charge in [0.1, 0.15) is 5.65 Å². The predicted octanol–water partition coefficient (Wildman–Crippen LogP) is 3.19. The minimum atomic E-state index is 0.151. The number of piperazine rings is 1. The van der Waals surface area contributed by atoms with Crippen LogP contribution in [0.5, 0.6) is 0 Å². The van der Waals surface area contributed by atoms with E-state index in [1.54, 1.807) is 0 Å². The average molecular weight is 348 g/mol. The highest BCUT2D eigenvalue weighted by atomic mass is 16.2. The number of anilines is 1. The molecule has 5 heteroatoms. The van der Waals surface area contributed by atoms with Crippen molar-refractivity contribution in [3.05, 3.63) is 65.6 Å². The van der Waals surface area contributed by atoms with Crippen molar-refractivity contribution in [3.8, 4) is 0 Å². The van der Waals surface area contributed by atoms with Crippen molar-refractivity contribution in [2.24, 2.45) is 0 Å². The lowest BCUT2D eigenvalue weighted by Crippen LogP contribution is -2.55. The van der Waals surface area contributed by atoms with Gasteiger partial charge in [0, 0.05) is 31.0 Å². The normalized spacial score (nSPS) is 18.7. The molecular formula is C21H24N4O. The van der Waals surface area contributed by atoms with E-state index in [-0.39, 0.29) is 11.9 Å². The first-order valence-electron chi connectivity index (χ1n) is 9.06. The van der Waals surface area contributed by atoms with Crippen LogP contribution in [0.3, 0.4) is 0 Å². The SMILES string of the molecule is Cc1ccc(N2CC(C)N(Cc3c(C)nc4ccccn34)CC2=O)cc1. The Bertz CT molecular complexity index is 944. The van der Waals surface area contributed by atoms with E-state index in [0.29, 0.717) is 13.1 Å². The molecule has 0 N–H and O–H groups in total. The van der Waals surface area contributed by atoms with E-state index in [4.69, 9.17) is 0 Å². The third kappa shape index (κ3) is 2.99. The summed E-state index contributed by atoms with van der Waals surface area (Å²) in [7, 11) is 0. The van der Waals surface area contributed by atoms with E-state index in [1.165, 1.54) is 5.56 Å². The minimum Gasteiger partial charge on any atom is -0.310 e. The van der Waals surface area contributed by atoms with Crippen LogP contribution in [-0.2, 0) is 11.3 Å². The Labute approximate surface area is 153 Å². The molecule has 2 aromatic heterocycles. The topological polar surface area (TPSA) is 40.9 Å². The summed E-state index contributed by atoms with van der Waals surface area (Å²) in [6, 6.07) is 14.5. The van der Waals surface area contributed by atoms with Crippen LogP contribution < -0.4 is 4.90 Å². The molecule has 4 rings (SSSR count). The van der Waals surface area contributed by atoms with Crippen molar-refractivity contribution in [1.82, 2.24) is 14.3 Å². The Hall–Kier alpha value is -2.66. The summed E-state index contributed by atoms with van der Waals surface area (Å²) >= 11 is 0. The lowest BCUT2D eigenvalue weighted by molar-refractivity contribution is -0.122. The molecule has 1 saturated heterocycles. The molecule has 0 saturated carbocycles. The number of aryl methyl sites for hydroxylation is 2. The molecule has 1 atom stereocenters. The van der Waals surface area contributed by atoms with Crippen molar-refractivity contribution >= 4 is 17.2 Å². The van der Waals surface area contributed by atoms with Crippen molar-refractivity contribution in [2.75, 3.05) is 18.0 Å². The predicted molar refractivity (Wildman–Crippen MR) is 103 cm³/mol. The smallest absolute Gasteiger partial charge is 0.241 e. The lowest BCUT2D eigenvalue weighted by atomic mass is 10.1. The van der Waals surface area contributed by atoms with Crippen molar-refractivity contribution < 1.29 is 4.79 Å². The maximum atomic E-state index is 12.8. The van der Waals surface area contributed by atoms with E-state index in [9.17, 15) is 4.79 Å². The van der Waals surface area contributed by atoms with Gasteiger partial charge in [-0.2, -0.15) is 0 Å². The van der Waals surface area contributed by atoms with E-state index in [1.807, 2.05) is 48.4 Å². The Morgan fingerprint density at radius 2 is 1.88 bits per heavy atom. The number of imidazole rings is 1. The number of carbonyl (C=O) groups is 1. The molecular weight excluding hydrogens is 324 g/mol. The Kier molecular flexibility index (Phi) is 4.24. The number of rotatable bonds is 3. The zero-order chi connectivity index (χ0) is 18.3. The maximum Gasteiger partial charge on any atom is 0.241 e. The molecule has 0 bridgehead atoms. The molecule has 0 radical (unpaired) electrons. The van der Waals surface area contributed by atoms with Gasteiger partial charge >= 0.3 is 0 Å². The van der Waals surface area contributed by atoms with Gasteiger partial charge in [-0.15, -0.1) is 0 Å². The maximum absolute atomic E-state index is 12.8. The molecule has 1 unspecified atom stereocenters. The molecule has 134 valence electrons. The number of amides is 1. The number of benzene rings is 1. The van der Waals surface area contributed by atoms with Crippen LogP contribution in [0.15, 0.2) is 48.7 Å². The molecule has 1 aromatic carbocycles. The number of nitrogens with zero attached hydrogens (tertiary/aromatic N) is 4. The number of carbonyl (C=O) groups excluding carboxylic acids is 1. The number of hydrogen-bond acceptors (Lipinski definition) is 3. The standard InChI is InChI=1S/C21H24N4O/c1-15-7-9-18(10-8-15)25-12-16(2)23(14-21(25)26)13-19-17(3)22-20-6-4-5-11-24(19)20/h4-11,16H,12-14H2,1-3H3. The summed E-state index contributed by atoms with van der Waals surface area (Å²) in [4.78, 5) is 21.6. The van der Waals surface area contributed by atoms with Gasteiger partial charge < -0.3 is 9.30 Å². The van der Waals surface area contributed by atoms with Gasteiger partial charge in [0.2, 0.25) is 5.91 Å². The fraction of sp³-hybridized carbons (Fsp3) is 0.333. The van der Waals surface area contributed by atoms with Crippen LogP contribution in [0.4, 0.5) is 5.69 Å². The monoisotopic (exact) mass is 348 g/mol. The quantitative estimate of drug-likeness (QED) is 0.730. The second-order valence-electron chi connectivity index (χ2n) is 7.17. The largest absolute Gasteiger partial charge is 0.310 e. The Morgan fingerprint density at radius 1 is 1.12 bits per heavy atom.